The summed E-state index contributed by atoms with van der Waals surface area (Å²) in [5.41, 5.74) is 0.377. The van der Waals surface area contributed by atoms with Crippen LogP contribution in [0.5, 0.6) is 0 Å². The second-order valence-corrected chi connectivity index (χ2v) is 6.47. The number of hydrogen-bond acceptors (Lipinski definition) is 4. The van der Waals surface area contributed by atoms with Crippen molar-refractivity contribution in [3.05, 3.63) is 30.1 Å². The van der Waals surface area contributed by atoms with E-state index in [0.29, 0.717) is 13.0 Å². The van der Waals surface area contributed by atoms with E-state index in [-0.39, 0.29) is 11.8 Å². The van der Waals surface area contributed by atoms with Crippen LogP contribution in [0.4, 0.5) is 4.79 Å². The van der Waals surface area contributed by atoms with Crippen molar-refractivity contribution < 1.29 is 14.3 Å². The van der Waals surface area contributed by atoms with Gasteiger partial charge in [0.1, 0.15) is 11.6 Å². The van der Waals surface area contributed by atoms with E-state index >= 15 is 0 Å². The highest BCUT2D eigenvalue weighted by atomic mass is 16.6. The molecule has 1 aromatic rings. The lowest BCUT2D eigenvalue weighted by Crippen LogP contribution is -2.47. The van der Waals surface area contributed by atoms with E-state index in [1.807, 2.05) is 18.2 Å². The zero-order valence-electron chi connectivity index (χ0n) is 13.3. The first-order valence-corrected chi connectivity index (χ1v) is 7.53. The highest BCUT2D eigenvalue weighted by Gasteiger charge is 2.29. The molecule has 6 nitrogen and oxygen atoms in total. The molecule has 1 saturated heterocycles. The minimum absolute atomic E-state index is 0.163. The van der Waals surface area contributed by atoms with Crippen LogP contribution in [-0.2, 0) is 9.53 Å². The van der Waals surface area contributed by atoms with Crippen molar-refractivity contribution >= 4 is 12.0 Å². The Kier molecular flexibility index (Phi) is 5.00. The smallest absolute Gasteiger partial charge is 0.408 e. The summed E-state index contributed by atoms with van der Waals surface area (Å²) >= 11 is 0. The molecule has 2 heterocycles. The van der Waals surface area contributed by atoms with Gasteiger partial charge in [0.15, 0.2) is 0 Å². The lowest BCUT2D eigenvalue weighted by molar-refractivity contribution is -0.122. The Morgan fingerprint density at radius 2 is 2.14 bits per heavy atom. The number of alkyl carbamates (subject to hydrolysis) is 1. The summed E-state index contributed by atoms with van der Waals surface area (Å²) in [6.45, 7) is 5.90. The van der Waals surface area contributed by atoms with E-state index in [9.17, 15) is 9.59 Å². The summed E-state index contributed by atoms with van der Waals surface area (Å²) < 4.78 is 5.20. The average Bonchev–Trinajstić information content (AvgIpc) is 2.61. The standard InChI is InChI=1S/C16H23N3O3/c1-16(2,3)22-15(21)19-13-8-7-11(10-18-14(13)20)12-6-4-5-9-17-12/h4-6,9,11,13H,7-8,10H2,1-3H3,(H,18,20)(H,19,21)/t11?,13-/m1/s1. The molecule has 6 heteroatoms. The highest BCUT2D eigenvalue weighted by molar-refractivity contribution is 5.85. The maximum Gasteiger partial charge on any atom is 0.408 e. The van der Waals surface area contributed by atoms with Crippen LogP contribution in [0.3, 0.4) is 0 Å². The molecule has 0 bridgehead atoms. The molecule has 0 radical (unpaired) electrons. The monoisotopic (exact) mass is 305 g/mol. The summed E-state index contributed by atoms with van der Waals surface area (Å²) in [6.07, 6.45) is 2.52. The molecule has 120 valence electrons. The predicted molar refractivity (Wildman–Crippen MR) is 82.4 cm³/mol. The van der Waals surface area contributed by atoms with Crippen molar-refractivity contribution in [3.63, 3.8) is 0 Å². The number of amides is 2. The third-order valence-electron chi connectivity index (χ3n) is 3.44. The fourth-order valence-corrected chi connectivity index (χ4v) is 2.41. The minimum Gasteiger partial charge on any atom is -0.444 e. The van der Waals surface area contributed by atoms with E-state index in [1.165, 1.54) is 0 Å². The minimum atomic E-state index is -0.582. The van der Waals surface area contributed by atoms with Gasteiger partial charge in [-0.1, -0.05) is 6.07 Å². The molecule has 0 saturated carbocycles. The molecule has 1 aromatic heterocycles. The van der Waals surface area contributed by atoms with Gasteiger partial charge in [0.05, 0.1) is 0 Å². The topological polar surface area (TPSA) is 80.3 Å². The number of nitrogens with zero attached hydrogens (tertiary/aromatic N) is 1. The maximum atomic E-state index is 12.1. The largest absolute Gasteiger partial charge is 0.444 e. The van der Waals surface area contributed by atoms with E-state index in [1.54, 1.807) is 27.0 Å². The van der Waals surface area contributed by atoms with Crippen LogP contribution in [0.1, 0.15) is 45.2 Å². The molecule has 0 spiro atoms. The number of carbonyl (C=O) groups excluding carboxylic acids is 2. The summed E-state index contributed by atoms with van der Waals surface area (Å²) in [6, 6.07) is 5.19. The average molecular weight is 305 g/mol. The fourth-order valence-electron chi connectivity index (χ4n) is 2.41. The van der Waals surface area contributed by atoms with Crippen molar-refractivity contribution in [1.29, 1.82) is 0 Å². The second-order valence-electron chi connectivity index (χ2n) is 6.47. The van der Waals surface area contributed by atoms with E-state index in [4.69, 9.17) is 4.74 Å². The van der Waals surface area contributed by atoms with Crippen LogP contribution in [-0.4, -0.2) is 35.2 Å². The Morgan fingerprint density at radius 3 is 2.77 bits per heavy atom. The number of carbonyl (C=O) groups is 2. The van der Waals surface area contributed by atoms with Crippen molar-refractivity contribution in [1.82, 2.24) is 15.6 Å². The Bertz CT molecular complexity index is 525. The molecule has 0 aliphatic carbocycles. The van der Waals surface area contributed by atoms with Crippen LogP contribution in [0.25, 0.3) is 0 Å². The normalized spacial score (nSPS) is 22.4. The van der Waals surface area contributed by atoms with Gasteiger partial charge >= 0.3 is 6.09 Å². The predicted octanol–water partition coefficient (Wildman–Crippen LogP) is 1.97. The molecule has 22 heavy (non-hydrogen) atoms. The van der Waals surface area contributed by atoms with Gasteiger partial charge in [0.2, 0.25) is 5.91 Å². The first-order chi connectivity index (χ1) is 10.3. The molecule has 2 N–H and O–H groups in total. The fraction of sp³-hybridized carbons (Fsp3) is 0.562. The molecular formula is C16H23N3O3. The molecule has 1 aliphatic heterocycles. The number of ether oxygens (including phenoxy) is 1. The van der Waals surface area contributed by atoms with Crippen molar-refractivity contribution in [2.45, 2.75) is 51.2 Å². The van der Waals surface area contributed by atoms with Crippen molar-refractivity contribution in [2.24, 2.45) is 0 Å². The molecule has 1 unspecified atom stereocenters. The highest BCUT2D eigenvalue weighted by Crippen LogP contribution is 2.22. The summed E-state index contributed by atoms with van der Waals surface area (Å²) in [7, 11) is 0. The molecule has 1 fully saturated rings. The van der Waals surface area contributed by atoms with E-state index in [2.05, 4.69) is 15.6 Å². The molecule has 1 aliphatic rings. The van der Waals surface area contributed by atoms with Gasteiger partial charge < -0.3 is 15.4 Å². The number of pyridine rings is 1. The lowest BCUT2D eigenvalue weighted by atomic mass is 9.98. The number of rotatable bonds is 2. The Balaban J connectivity index is 1.95. The first-order valence-electron chi connectivity index (χ1n) is 7.53. The lowest BCUT2D eigenvalue weighted by Gasteiger charge is -2.22. The van der Waals surface area contributed by atoms with Gasteiger partial charge in [-0.15, -0.1) is 0 Å². The van der Waals surface area contributed by atoms with Gasteiger partial charge in [0, 0.05) is 24.4 Å². The van der Waals surface area contributed by atoms with E-state index in [0.717, 1.165) is 12.1 Å². The van der Waals surface area contributed by atoms with Crippen molar-refractivity contribution in [3.8, 4) is 0 Å². The molecule has 2 amide bonds. The maximum absolute atomic E-state index is 12.1. The van der Waals surface area contributed by atoms with Gasteiger partial charge in [-0.05, 0) is 45.7 Å². The zero-order valence-corrected chi connectivity index (χ0v) is 13.3. The quantitative estimate of drug-likeness (QED) is 0.875. The molecular weight excluding hydrogens is 282 g/mol. The molecule has 0 aromatic carbocycles. The summed E-state index contributed by atoms with van der Waals surface area (Å²) in [5.74, 6) is -0.0140. The Hall–Kier alpha value is -2.11. The second kappa shape index (κ2) is 6.77. The Labute approximate surface area is 130 Å². The van der Waals surface area contributed by atoms with Gasteiger partial charge in [-0.25, -0.2) is 4.79 Å². The number of aromatic nitrogens is 1. The summed E-state index contributed by atoms with van der Waals surface area (Å²) in [5, 5.41) is 5.51. The van der Waals surface area contributed by atoms with Crippen LogP contribution in [0.15, 0.2) is 24.4 Å². The van der Waals surface area contributed by atoms with Crippen molar-refractivity contribution in [2.75, 3.05) is 6.54 Å². The van der Waals surface area contributed by atoms with Gasteiger partial charge in [-0.3, -0.25) is 9.78 Å². The third-order valence-corrected chi connectivity index (χ3v) is 3.44. The van der Waals surface area contributed by atoms with Crippen LogP contribution in [0, 0.1) is 0 Å². The summed E-state index contributed by atoms with van der Waals surface area (Å²) in [4.78, 5) is 28.2. The van der Waals surface area contributed by atoms with Crippen LogP contribution >= 0.6 is 0 Å². The zero-order chi connectivity index (χ0) is 16.2. The first kappa shape index (κ1) is 16.3. The number of hydrogen-bond donors (Lipinski definition) is 2. The molecule has 2 rings (SSSR count). The van der Waals surface area contributed by atoms with Gasteiger partial charge in [0.25, 0.3) is 0 Å². The SMILES string of the molecule is CC(C)(C)OC(=O)N[C@@H]1CCC(c2ccccn2)CNC1=O. The van der Waals surface area contributed by atoms with Crippen LogP contribution < -0.4 is 10.6 Å². The van der Waals surface area contributed by atoms with Gasteiger partial charge in [-0.2, -0.15) is 0 Å². The number of nitrogens with one attached hydrogen (secondary N) is 2. The van der Waals surface area contributed by atoms with Crippen LogP contribution in [0.2, 0.25) is 0 Å². The Morgan fingerprint density at radius 1 is 1.36 bits per heavy atom. The third kappa shape index (κ3) is 4.72. The van der Waals surface area contributed by atoms with E-state index < -0.39 is 17.7 Å². The molecule has 2 atom stereocenters.